The number of nitrogens with zero attached hydrogens (tertiary/aromatic N) is 3. The van der Waals surface area contributed by atoms with E-state index in [4.69, 9.17) is 27.8 Å². The average Bonchev–Trinajstić information content (AvgIpc) is 3.05. The maximum absolute atomic E-state index is 12.1. The Morgan fingerprint density at radius 3 is 2.82 bits per heavy atom. The number of methoxy groups -OCH3 is 1. The monoisotopic (exact) mass is 403 g/mol. The number of nitrogens with two attached hydrogens (primary N) is 2. The number of piperidine rings is 1. The van der Waals surface area contributed by atoms with E-state index in [1.807, 2.05) is 0 Å². The van der Waals surface area contributed by atoms with Crippen molar-refractivity contribution in [1.82, 2.24) is 14.7 Å². The van der Waals surface area contributed by atoms with Crippen molar-refractivity contribution in [3.8, 4) is 17.0 Å². The van der Waals surface area contributed by atoms with Crippen LogP contribution in [0.4, 0.5) is 5.82 Å². The van der Waals surface area contributed by atoms with Crippen LogP contribution >= 0.6 is 11.6 Å². The number of likely N-dealkylation sites (tertiary alicyclic amines) is 1. The second-order valence-electron chi connectivity index (χ2n) is 6.55. The Morgan fingerprint density at radius 2 is 2.18 bits per heavy atom. The highest BCUT2D eigenvalue weighted by atomic mass is 35.5. The van der Waals surface area contributed by atoms with Gasteiger partial charge in [-0.1, -0.05) is 24.2 Å². The van der Waals surface area contributed by atoms with Crippen LogP contribution in [0.2, 0.25) is 5.02 Å². The zero-order valence-corrected chi connectivity index (χ0v) is 16.3. The summed E-state index contributed by atoms with van der Waals surface area (Å²) in [4.78, 5) is 25.8. The van der Waals surface area contributed by atoms with Gasteiger partial charge in [-0.05, 0) is 31.1 Å². The molecule has 1 unspecified atom stereocenters. The van der Waals surface area contributed by atoms with Gasteiger partial charge >= 0.3 is 0 Å². The Hall–Kier alpha value is -3.00. The molecule has 9 heteroatoms. The third kappa shape index (κ3) is 3.55. The van der Waals surface area contributed by atoms with Gasteiger partial charge in [0.2, 0.25) is 5.91 Å². The zero-order chi connectivity index (χ0) is 20.4. The first kappa shape index (κ1) is 19.8. The van der Waals surface area contributed by atoms with Gasteiger partial charge in [-0.15, -0.1) is 0 Å². The molecule has 0 aliphatic carbocycles. The lowest BCUT2D eigenvalue weighted by molar-refractivity contribution is -0.127. The summed E-state index contributed by atoms with van der Waals surface area (Å²) in [6.07, 6.45) is 2.85. The van der Waals surface area contributed by atoms with E-state index >= 15 is 0 Å². The van der Waals surface area contributed by atoms with E-state index in [-0.39, 0.29) is 23.3 Å². The summed E-state index contributed by atoms with van der Waals surface area (Å²) in [6.45, 7) is 4.61. The number of nitrogen functional groups attached to an aromatic ring is 1. The number of aromatic nitrogens is 2. The summed E-state index contributed by atoms with van der Waals surface area (Å²) in [6, 6.07) is 4.88. The van der Waals surface area contributed by atoms with Crippen molar-refractivity contribution in [1.29, 1.82) is 0 Å². The number of amides is 2. The van der Waals surface area contributed by atoms with Crippen molar-refractivity contribution < 1.29 is 14.3 Å². The number of hydrogen-bond acceptors (Lipinski definition) is 5. The van der Waals surface area contributed by atoms with E-state index < -0.39 is 5.91 Å². The molecule has 0 radical (unpaired) electrons. The molecule has 1 atom stereocenters. The minimum absolute atomic E-state index is 0.136. The van der Waals surface area contributed by atoms with Crippen LogP contribution in [-0.2, 0) is 4.79 Å². The number of primary amides is 1. The summed E-state index contributed by atoms with van der Waals surface area (Å²) < 4.78 is 6.83. The average molecular weight is 404 g/mol. The topological polar surface area (TPSA) is 116 Å². The first-order valence-corrected chi connectivity index (χ1v) is 9.18. The Bertz CT molecular complexity index is 940. The van der Waals surface area contributed by atoms with E-state index in [9.17, 15) is 9.59 Å². The van der Waals surface area contributed by atoms with E-state index in [2.05, 4.69) is 11.7 Å². The molecule has 0 bridgehead atoms. The Morgan fingerprint density at radius 1 is 1.43 bits per heavy atom. The Labute approximate surface area is 167 Å². The summed E-state index contributed by atoms with van der Waals surface area (Å²) in [5, 5.41) is 5.01. The first-order valence-electron chi connectivity index (χ1n) is 8.80. The maximum Gasteiger partial charge on any atom is 0.254 e. The minimum Gasteiger partial charge on any atom is -0.495 e. The third-order valence-electron chi connectivity index (χ3n) is 4.85. The van der Waals surface area contributed by atoms with Crippen LogP contribution in [0.5, 0.6) is 5.75 Å². The molecule has 8 nitrogen and oxygen atoms in total. The van der Waals surface area contributed by atoms with Crippen LogP contribution in [-0.4, -0.2) is 46.7 Å². The molecule has 2 aromatic rings. The number of rotatable bonds is 5. The fourth-order valence-electron chi connectivity index (χ4n) is 3.46. The molecule has 2 heterocycles. The van der Waals surface area contributed by atoms with Crippen molar-refractivity contribution in [2.24, 2.45) is 5.73 Å². The van der Waals surface area contributed by atoms with Gasteiger partial charge < -0.3 is 21.1 Å². The first-order chi connectivity index (χ1) is 13.4. The van der Waals surface area contributed by atoms with E-state index in [1.54, 1.807) is 27.8 Å². The lowest BCUT2D eigenvalue weighted by atomic mass is 10.1. The van der Waals surface area contributed by atoms with Crippen LogP contribution < -0.4 is 16.2 Å². The minimum atomic E-state index is -0.678. The van der Waals surface area contributed by atoms with Gasteiger partial charge in [0.15, 0.2) is 0 Å². The van der Waals surface area contributed by atoms with Crippen molar-refractivity contribution in [2.45, 2.75) is 18.9 Å². The van der Waals surface area contributed by atoms with Crippen LogP contribution in [0.15, 0.2) is 30.9 Å². The number of ether oxygens (including phenoxy) is 1. The highest BCUT2D eigenvalue weighted by Gasteiger charge is 2.29. The molecule has 1 aliphatic rings. The number of benzene rings is 1. The highest BCUT2D eigenvalue weighted by Crippen LogP contribution is 2.35. The van der Waals surface area contributed by atoms with Gasteiger partial charge in [0.25, 0.3) is 5.91 Å². The summed E-state index contributed by atoms with van der Waals surface area (Å²) in [5.41, 5.74) is 12.9. The number of carbonyl (C=O) groups excluding carboxylic acids is 2. The quantitative estimate of drug-likeness (QED) is 0.742. The SMILES string of the molecule is C=CC(=O)N1CCCC(n2nc(-c3ccc(Cl)c(OC)c3)c(C(N)=O)c2N)C1. The van der Waals surface area contributed by atoms with Gasteiger partial charge in [0.1, 0.15) is 22.8 Å². The molecule has 1 aromatic carbocycles. The molecular weight excluding hydrogens is 382 g/mol. The fraction of sp³-hybridized carbons (Fsp3) is 0.316. The third-order valence-corrected chi connectivity index (χ3v) is 5.16. The fourth-order valence-corrected chi connectivity index (χ4v) is 3.66. The zero-order valence-electron chi connectivity index (χ0n) is 15.5. The second kappa shape index (κ2) is 7.93. The predicted octanol–water partition coefficient (Wildman–Crippen LogP) is 2.24. The van der Waals surface area contributed by atoms with Gasteiger partial charge in [-0.3, -0.25) is 9.59 Å². The summed E-state index contributed by atoms with van der Waals surface area (Å²) >= 11 is 6.09. The number of halogens is 1. The standard InChI is InChI=1S/C19H22ClN5O3/c1-3-15(26)24-8-4-5-12(10-24)25-18(21)16(19(22)27)17(23-25)11-6-7-13(20)14(9-11)28-2/h3,6-7,9,12H,1,4-5,8,10,21H2,2H3,(H2,22,27). The van der Waals surface area contributed by atoms with Crippen LogP contribution in [0.1, 0.15) is 29.2 Å². The summed E-state index contributed by atoms with van der Waals surface area (Å²) in [7, 11) is 1.50. The molecule has 0 spiro atoms. The van der Waals surface area contributed by atoms with Crippen molar-refractivity contribution >= 4 is 29.2 Å². The second-order valence-corrected chi connectivity index (χ2v) is 6.96. The summed E-state index contributed by atoms with van der Waals surface area (Å²) in [5.74, 6) is -0.201. The van der Waals surface area contributed by atoms with Crippen LogP contribution in [0.3, 0.4) is 0 Å². The Balaban J connectivity index is 2.05. The number of carbonyl (C=O) groups is 2. The highest BCUT2D eigenvalue weighted by molar-refractivity contribution is 6.32. The van der Waals surface area contributed by atoms with Crippen LogP contribution in [0.25, 0.3) is 11.3 Å². The number of hydrogen-bond donors (Lipinski definition) is 2. The molecule has 1 aromatic heterocycles. The maximum atomic E-state index is 12.1. The molecular formula is C19H22ClN5O3. The van der Waals surface area contributed by atoms with Crippen molar-refractivity contribution in [3.05, 3.63) is 41.4 Å². The molecule has 1 fully saturated rings. The largest absolute Gasteiger partial charge is 0.495 e. The molecule has 148 valence electrons. The van der Waals surface area contributed by atoms with Crippen molar-refractivity contribution in [3.63, 3.8) is 0 Å². The van der Waals surface area contributed by atoms with E-state index in [0.717, 1.165) is 12.8 Å². The van der Waals surface area contributed by atoms with E-state index in [0.29, 0.717) is 35.1 Å². The smallest absolute Gasteiger partial charge is 0.254 e. The van der Waals surface area contributed by atoms with Gasteiger partial charge in [0.05, 0.1) is 18.2 Å². The molecule has 28 heavy (non-hydrogen) atoms. The van der Waals surface area contributed by atoms with E-state index in [1.165, 1.54) is 13.2 Å². The normalized spacial score (nSPS) is 16.6. The molecule has 3 rings (SSSR count). The Kier molecular flexibility index (Phi) is 5.60. The van der Waals surface area contributed by atoms with Gasteiger partial charge in [-0.25, -0.2) is 4.68 Å². The number of anilines is 1. The van der Waals surface area contributed by atoms with Gasteiger partial charge in [-0.2, -0.15) is 5.10 Å². The molecule has 1 saturated heterocycles. The molecule has 2 amide bonds. The van der Waals surface area contributed by atoms with Crippen molar-refractivity contribution in [2.75, 3.05) is 25.9 Å². The molecule has 0 saturated carbocycles. The lowest BCUT2D eigenvalue weighted by Gasteiger charge is -2.32. The molecule has 4 N–H and O–H groups in total. The molecule has 1 aliphatic heterocycles. The van der Waals surface area contributed by atoms with Gasteiger partial charge in [0, 0.05) is 18.7 Å². The predicted molar refractivity (Wildman–Crippen MR) is 107 cm³/mol. The van der Waals surface area contributed by atoms with Crippen LogP contribution in [0, 0.1) is 0 Å². The lowest BCUT2D eigenvalue weighted by Crippen LogP contribution is -2.40.